The summed E-state index contributed by atoms with van der Waals surface area (Å²) in [4.78, 5) is 54.1. The second-order valence-electron chi connectivity index (χ2n) is 7.89. The number of para-hydroxylation sites is 2. The van der Waals surface area contributed by atoms with Crippen molar-refractivity contribution in [2.45, 2.75) is 12.3 Å². The summed E-state index contributed by atoms with van der Waals surface area (Å²) in [7, 11) is 1.22. The van der Waals surface area contributed by atoms with Gasteiger partial charge in [0.1, 0.15) is 29.1 Å². The number of benzene rings is 2. The fourth-order valence-corrected chi connectivity index (χ4v) is 4.74. The van der Waals surface area contributed by atoms with Crippen LogP contribution in [0.15, 0.2) is 69.1 Å². The predicted octanol–water partition coefficient (Wildman–Crippen LogP) is 1.72. The van der Waals surface area contributed by atoms with Crippen LogP contribution in [-0.4, -0.2) is 38.2 Å². The topological polar surface area (TPSA) is 138 Å². The highest BCUT2D eigenvalue weighted by atomic mass is 16.6. The van der Waals surface area contributed by atoms with Gasteiger partial charge in [-0.2, -0.15) is 0 Å². The van der Waals surface area contributed by atoms with Gasteiger partial charge in [0.2, 0.25) is 0 Å². The lowest BCUT2D eigenvalue weighted by Gasteiger charge is -2.39. The van der Waals surface area contributed by atoms with Crippen LogP contribution >= 0.6 is 0 Å². The van der Waals surface area contributed by atoms with Crippen molar-refractivity contribution in [1.82, 2.24) is 0 Å². The summed E-state index contributed by atoms with van der Waals surface area (Å²) in [5.74, 6) is -2.75. The van der Waals surface area contributed by atoms with E-state index in [4.69, 9.17) is 24.4 Å². The highest BCUT2D eigenvalue weighted by molar-refractivity contribution is 6.12. The van der Waals surface area contributed by atoms with Crippen LogP contribution in [-0.2, 0) is 29.3 Å². The van der Waals surface area contributed by atoms with Gasteiger partial charge in [0.15, 0.2) is 11.2 Å². The van der Waals surface area contributed by atoms with E-state index in [1.165, 1.54) is 12.0 Å². The van der Waals surface area contributed by atoms with Crippen LogP contribution < -0.4 is 21.0 Å². The minimum absolute atomic E-state index is 0.0207. The zero-order chi connectivity index (χ0) is 24.9. The lowest BCUT2D eigenvalue weighted by Crippen LogP contribution is -2.51. The number of ether oxygens (including phenoxy) is 3. The predicted molar refractivity (Wildman–Crippen MR) is 123 cm³/mol. The number of nitrogens with two attached hydrogens (primary N) is 1. The molecule has 0 saturated heterocycles. The summed E-state index contributed by atoms with van der Waals surface area (Å²) in [6.45, 7) is 1.21. The molecule has 0 saturated carbocycles. The highest BCUT2D eigenvalue weighted by Crippen LogP contribution is 2.55. The van der Waals surface area contributed by atoms with Crippen molar-refractivity contribution < 1.29 is 33.0 Å². The number of carbonyl (C=O) groups excluding carboxylic acids is 3. The van der Waals surface area contributed by atoms with Crippen LogP contribution in [0.2, 0.25) is 0 Å². The Balaban J connectivity index is 1.93. The van der Waals surface area contributed by atoms with Crippen LogP contribution in [0.25, 0.3) is 11.0 Å². The van der Waals surface area contributed by atoms with Gasteiger partial charge in [-0.25, -0.2) is 14.4 Å². The third-order valence-electron chi connectivity index (χ3n) is 6.16. The molecule has 0 fully saturated rings. The molecule has 2 aromatic carbocycles. The summed E-state index contributed by atoms with van der Waals surface area (Å²) in [5, 5.41) is 0.378. The molecule has 178 valence electrons. The van der Waals surface area contributed by atoms with Crippen molar-refractivity contribution >= 4 is 34.6 Å². The zero-order valence-electron chi connectivity index (χ0n) is 18.8. The number of hydrogen-bond acceptors (Lipinski definition) is 10. The largest absolute Gasteiger partial charge is 0.468 e. The molecule has 1 spiro atoms. The summed E-state index contributed by atoms with van der Waals surface area (Å²) in [6.07, 6.45) is 0. The molecule has 0 aliphatic carbocycles. The number of hydrogen-bond donors (Lipinski definition) is 1. The van der Waals surface area contributed by atoms with E-state index >= 15 is 0 Å². The van der Waals surface area contributed by atoms with Crippen molar-refractivity contribution in [3.63, 3.8) is 0 Å². The molecule has 0 bridgehead atoms. The molecule has 0 amide bonds. The van der Waals surface area contributed by atoms with E-state index in [2.05, 4.69) is 0 Å². The fourth-order valence-electron chi connectivity index (χ4n) is 4.74. The Morgan fingerprint density at radius 1 is 1.09 bits per heavy atom. The van der Waals surface area contributed by atoms with Crippen LogP contribution in [0.1, 0.15) is 18.1 Å². The summed E-state index contributed by atoms with van der Waals surface area (Å²) in [6, 6.07) is 13.1. The molecule has 0 unspecified atom stereocenters. The van der Waals surface area contributed by atoms with Crippen molar-refractivity contribution in [2.24, 2.45) is 5.73 Å². The van der Waals surface area contributed by atoms with Crippen LogP contribution in [0.4, 0.5) is 5.69 Å². The van der Waals surface area contributed by atoms with Crippen molar-refractivity contribution in [2.75, 3.05) is 25.2 Å². The van der Waals surface area contributed by atoms with Crippen molar-refractivity contribution in [3.8, 4) is 5.75 Å². The quantitative estimate of drug-likeness (QED) is 0.437. The zero-order valence-corrected chi connectivity index (χ0v) is 18.8. The number of anilines is 1. The Kier molecular flexibility index (Phi) is 5.08. The van der Waals surface area contributed by atoms with Gasteiger partial charge in [-0.15, -0.1) is 0 Å². The van der Waals surface area contributed by atoms with Crippen LogP contribution in [0.5, 0.6) is 5.75 Å². The molecule has 3 heterocycles. The minimum Gasteiger partial charge on any atom is -0.468 e. The molecule has 3 aromatic rings. The van der Waals surface area contributed by atoms with Gasteiger partial charge in [0, 0.05) is 11.3 Å². The third kappa shape index (κ3) is 2.96. The Morgan fingerprint density at radius 2 is 1.80 bits per heavy atom. The monoisotopic (exact) mass is 476 g/mol. The van der Waals surface area contributed by atoms with Gasteiger partial charge in [0.05, 0.1) is 19.1 Å². The number of nitrogens with zero attached hydrogens (tertiary/aromatic N) is 1. The van der Waals surface area contributed by atoms with E-state index in [-0.39, 0.29) is 47.0 Å². The molecule has 10 nitrogen and oxygen atoms in total. The fraction of sp³-hybridized carbons (Fsp3) is 0.200. The number of rotatable bonds is 4. The number of esters is 3. The number of fused-ring (bicyclic) bond motifs is 6. The maximum absolute atomic E-state index is 13.8. The van der Waals surface area contributed by atoms with E-state index < -0.39 is 28.9 Å². The van der Waals surface area contributed by atoms with Gasteiger partial charge in [-0.1, -0.05) is 30.3 Å². The van der Waals surface area contributed by atoms with E-state index in [1.54, 1.807) is 55.5 Å². The normalized spacial score (nSPS) is 18.3. The summed E-state index contributed by atoms with van der Waals surface area (Å²) >= 11 is 0. The van der Waals surface area contributed by atoms with Gasteiger partial charge >= 0.3 is 23.5 Å². The maximum Gasteiger partial charge on any atom is 0.345 e. The van der Waals surface area contributed by atoms with E-state index in [0.717, 1.165) is 0 Å². The summed E-state index contributed by atoms with van der Waals surface area (Å²) in [5.41, 5.74) is 3.76. The Hall–Kier alpha value is -4.60. The average molecular weight is 476 g/mol. The third-order valence-corrected chi connectivity index (χ3v) is 6.16. The Bertz CT molecular complexity index is 1500. The minimum atomic E-state index is -2.07. The first kappa shape index (κ1) is 22.2. The molecule has 0 radical (unpaired) electrons. The Labute approximate surface area is 198 Å². The number of carbonyl (C=O) groups is 3. The maximum atomic E-state index is 13.8. The molecule has 35 heavy (non-hydrogen) atoms. The molecule has 2 aliphatic rings. The highest BCUT2D eigenvalue weighted by Gasteiger charge is 2.63. The molecule has 10 heteroatoms. The molecular formula is C25H20N2O8. The van der Waals surface area contributed by atoms with Crippen LogP contribution in [0, 0.1) is 0 Å². The summed E-state index contributed by atoms with van der Waals surface area (Å²) < 4.78 is 21.3. The smallest absolute Gasteiger partial charge is 0.345 e. The number of methoxy groups -OCH3 is 1. The molecule has 1 atom stereocenters. The first-order chi connectivity index (χ1) is 16.9. The lowest BCUT2D eigenvalue weighted by molar-refractivity contribution is -0.143. The van der Waals surface area contributed by atoms with Crippen LogP contribution in [0.3, 0.4) is 0 Å². The van der Waals surface area contributed by atoms with Gasteiger partial charge in [-0.3, -0.25) is 4.79 Å². The second-order valence-corrected chi connectivity index (χ2v) is 7.89. The standard InChI is InChI=1S/C25H20N2O8/c1-3-33-22(29)19-21(26)27(12-17(28)32-2)15-10-6-5-9-14(15)25(19)18-20(35-24(25)31)13-8-4-7-11-16(13)34-23(18)30/h4-11H,3,12,26H2,1-2H3/t25-/m0/s1. The SMILES string of the molecule is CCOC(=O)C1=C(N)N(CC(=O)OC)c2ccccc2[C@@]12C(=O)Oc1c2c(=O)oc2ccccc12. The molecular weight excluding hydrogens is 456 g/mol. The van der Waals surface area contributed by atoms with E-state index in [0.29, 0.717) is 11.1 Å². The van der Waals surface area contributed by atoms with Gasteiger partial charge in [-0.05, 0) is 25.1 Å². The first-order valence-electron chi connectivity index (χ1n) is 10.8. The molecule has 5 rings (SSSR count). The van der Waals surface area contributed by atoms with Gasteiger partial charge < -0.3 is 29.3 Å². The van der Waals surface area contributed by atoms with Crippen molar-refractivity contribution in [1.29, 1.82) is 0 Å². The van der Waals surface area contributed by atoms with Crippen molar-refractivity contribution in [3.05, 3.63) is 81.5 Å². The first-order valence-corrected chi connectivity index (χ1v) is 10.8. The Morgan fingerprint density at radius 3 is 2.54 bits per heavy atom. The molecule has 2 N–H and O–H groups in total. The van der Waals surface area contributed by atoms with E-state index in [9.17, 15) is 19.2 Å². The van der Waals surface area contributed by atoms with E-state index in [1.807, 2.05) is 0 Å². The average Bonchev–Trinajstić information content (AvgIpc) is 3.15. The molecule has 2 aliphatic heterocycles. The molecule has 1 aromatic heterocycles. The van der Waals surface area contributed by atoms with Gasteiger partial charge in [0.25, 0.3) is 0 Å². The second kappa shape index (κ2) is 8.01. The lowest BCUT2D eigenvalue weighted by atomic mass is 9.67.